The molecule has 0 saturated carbocycles. The van der Waals surface area contributed by atoms with Gasteiger partial charge in [0.05, 0.1) is 0 Å². The van der Waals surface area contributed by atoms with E-state index < -0.39 is 0 Å². The molecule has 19 heavy (non-hydrogen) atoms. The van der Waals surface area contributed by atoms with E-state index in [1.54, 1.807) is 0 Å². The molecule has 1 aromatic heterocycles. The molecule has 0 aliphatic carbocycles. The average Bonchev–Trinajstić information content (AvgIpc) is 2.32. The Balaban J connectivity index is 2.35. The Morgan fingerprint density at radius 1 is 1.00 bits per heavy atom. The maximum Gasteiger partial charge on any atom is 0.135 e. The van der Waals surface area contributed by atoms with Crippen LogP contribution >= 0.6 is 11.6 Å². The van der Waals surface area contributed by atoms with E-state index in [1.807, 2.05) is 6.92 Å². The van der Waals surface area contributed by atoms with Crippen LogP contribution in [0.2, 0.25) is 5.15 Å². The van der Waals surface area contributed by atoms with Gasteiger partial charge in [-0.3, -0.25) is 0 Å². The lowest BCUT2D eigenvalue weighted by molar-refractivity contribution is 0.887. The van der Waals surface area contributed by atoms with Crippen molar-refractivity contribution in [1.82, 2.24) is 9.97 Å². The second-order valence-corrected chi connectivity index (χ2v) is 5.39. The van der Waals surface area contributed by atoms with E-state index in [2.05, 4.69) is 48.9 Å². The van der Waals surface area contributed by atoms with E-state index in [-0.39, 0.29) is 0 Å². The number of benzene rings is 1. The maximum atomic E-state index is 6.18. The molecule has 0 saturated heterocycles. The molecule has 2 aromatic rings. The van der Waals surface area contributed by atoms with Crippen molar-refractivity contribution in [1.29, 1.82) is 0 Å². The van der Waals surface area contributed by atoms with Gasteiger partial charge in [0.15, 0.2) is 0 Å². The van der Waals surface area contributed by atoms with Crippen molar-refractivity contribution in [3.63, 3.8) is 0 Å². The quantitative estimate of drug-likeness (QED) is 0.784. The van der Waals surface area contributed by atoms with Gasteiger partial charge < -0.3 is 0 Å². The van der Waals surface area contributed by atoms with Crippen molar-refractivity contribution >= 4 is 11.6 Å². The Morgan fingerprint density at radius 3 is 2.21 bits per heavy atom. The zero-order valence-electron chi connectivity index (χ0n) is 11.9. The molecule has 0 radical (unpaired) electrons. The van der Waals surface area contributed by atoms with Crippen LogP contribution in [-0.4, -0.2) is 9.97 Å². The maximum absolute atomic E-state index is 6.18. The van der Waals surface area contributed by atoms with Gasteiger partial charge in [-0.25, -0.2) is 9.97 Å². The van der Waals surface area contributed by atoms with E-state index >= 15 is 0 Å². The average molecular weight is 275 g/mol. The van der Waals surface area contributed by atoms with Crippen LogP contribution in [0, 0.1) is 20.8 Å². The highest BCUT2D eigenvalue weighted by atomic mass is 35.5. The number of aryl methyl sites for hydroxylation is 3. The first kappa shape index (κ1) is 14.0. The predicted molar refractivity (Wildman–Crippen MR) is 79.9 cm³/mol. The fourth-order valence-electron chi connectivity index (χ4n) is 2.36. The number of aromatic nitrogens is 2. The lowest BCUT2D eigenvalue weighted by Gasteiger charge is -2.09. The Kier molecular flexibility index (Phi) is 4.20. The fourth-order valence-corrected chi connectivity index (χ4v) is 2.56. The van der Waals surface area contributed by atoms with E-state index in [0.29, 0.717) is 5.15 Å². The summed E-state index contributed by atoms with van der Waals surface area (Å²) in [6.45, 7) is 8.28. The van der Waals surface area contributed by atoms with Crippen molar-refractivity contribution in [2.75, 3.05) is 0 Å². The summed E-state index contributed by atoms with van der Waals surface area (Å²) in [5.41, 5.74) is 5.81. The lowest BCUT2D eigenvalue weighted by Crippen LogP contribution is -2.04. The molecule has 0 unspecified atom stereocenters. The summed E-state index contributed by atoms with van der Waals surface area (Å²) < 4.78 is 0. The van der Waals surface area contributed by atoms with Crippen LogP contribution in [0.5, 0.6) is 0 Å². The molecule has 2 rings (SSSR count). The summed E-state index contributed by atoms with van der Waals surface area (Å²) >= 11 is 6.18. The molecule has 100 valence electrons. The molecule has 1 aromatic carbocycles. The van der Waals surface area contributed by atoms with Gasteiger partial charge in [-0.2, -0.15) is 0 Å². The predicted octanol–water partition coefficient (Wildman–Crippen LogP) is 4.21. The summed E-state index contributed by atoms with van der Waals surface area (Å²) in [4.78, 5) is 9.00. The van der Waals surface area contributed by atoms with Crippen molar-refractivity contribution in [2.45, 2.75) is 40.5 Å². The Labute approximate surface area is 119 Å². The first-order valence-electron chi connectivity index (χ1n) is 6.58. The zero-order chi connectivity index (χ0) is 14.0. The number of halogens is 1. The molecule has 0 N–H and O–H groups in total. The molecule has 0 fully saturated rings. The van der Waals surface area contributed by atoms with Crippen molar-refractivity contribution in [2.24, 2.45) is 0 Å². The number of nitrogens with zero attached hydrogens (tertiary/aromatic N) is 2. The minimum atomic E-state index is 0.575. The number of rotatable bonds is 3. The topological polar surface area (TPSA) is 25.8 Å². The molecular formula is C16H19ClN2. The van der Waals surface area contributed by atoms with Gasteiger partial charge in [0.25, 0.3) is 0 Å². The second-order valence-electron chi connectivity index (χ2n) is 5.03. The van der Waals surface area contributed by atoms with Crippen molar-refractivity contribution < 1.29 is 0 Å². The van der Waals surface area contributed by atoms with Gasteiger partial charge >= 0.3 is 0 Å². The van der Waals surface area contributed by atoms with Crippen LogP contribution in [0.3, 0.4) is 0 Å². The van der Waals surface area contributed by atoms with Gasteiger partial charge in [0, 0.05) is 17.7 Å². The molecule has 0 bridgehead atoms. The number of hydrogen-bond acceptors (Lipinski definition) is 2. The summed E-state index contributed by atoms with van der Waals surface area (Å²) in [7, 11) is 0. The minimum Gasteiger partial charge on any atom is -0.237 e. The Bertz CT molecular complexity index is 586. The first-order chi connectivity index (χ1) is 8.99. The SMILES string of the molecule is CCc1nc(Cc2cc(C)cc(C)c2)nc(Cl)c1C. The monoisotopic (exact) mass is 274 g/mol. The highest BCUT2D eigenvalue weighted by Crippen LogP contribution is 2.18. The minimum absolute atomic E-state index is 0.575. The molecule has 2 nitrogen and oxygen atoms in total. The van der Waals surface area contributed by atoms with Gasteiger partial charge in [-0.05, 0) is 32.8 Å². The molecule has 0 atom stereocenters. The van der Waals surface area contributed by atoms with Gasteiger partial charge in [0.2, 0.25) is 0 Å². The van der Waals surface area contributed by atoms with Crippen LogP contribution in [0.15, 0.2) is 18.2 Å². The second kappa shape index (κ2) is 5.70. The van der Waals surface area contributed by atoms with E-state index in [1.165, 1.54) is 16.7 Å². The van der Waals surface area contributed by atoms with Crippen LogP contribution in [0.1, 0.15) is 40.7 Å². The van der Waals surface area contributed by atoms with Gasteiger partial charge in [-0.1, -0.05) is 47.9 Å². The summed E-state index contributed by atoms with van der Waals surface area (Å²) in [6.07, 6.45) is 1.61. The van der Waals surface area contributed by atoms with E-state index in [4.69, 9.17) is 11.6 Å². The molecular weight excluding hydrogens is 256 g/mol. The van der Waals surface area contributed by atoms with Crippen LogP contribution in [0.4, 0.5) is 0 Å². The molecule has 3 heteroatoms. The third kappa shape index (κ3) is 3.32. The van der Waals surface area contributed by atoms with Gasteiger partial charge in [0.1, 0.15) is 11.0 Å². The fraction of sp³-hybridized carbons (Fsp3) is 0.375. The third-order valence-electron chi connectivity index (χ3n) is 3.21. The first-order valence-corrected chi connectivity index (χ1v) is 6.96. The van der Waals surface area contributed by atoms with Crippen molar-refractivity contribution in [3.05, 3.63) is 57.1 Å². The summed E-state index contributed by atoms with van der Waals surface area (Å²) in [5, 5.41) is 0.575. The summed E-state index contributed by atoms with van der Waals surface area (Å²) in [5.74, 6) is 0.803. The highest BCUT2D eigenvalue weighted by molar-refractivity contribution is 6.30. The smallest absolute Gasteiger partial charge is 0.135 e. The highest BCUT2D eigenvalue weighted by Gasteiger charge is 2.09. The summed E-state index contributed by atoms with van der Waals surface area (Å²) in [6, 6.07) is 6.52. The standard InChI is InChI=1S/C16H19ClN2/c1-5-14-12(4)16(17)19-15(18-14)9-13-7-10(2)6-11(3)8-13/h6-8H,5,9H2,1-4H3. The number of hydrogen-bond donors (Lipinski definition) is 0. The van der Waals surface area contributed by atoms with Crippen LogP contribution < -0.4 is 0 Å². The molecule has 1 heterocycles. The van der Waals surface area contributed by atoms with Gasteiger partial charge in [-0.15, -0.1) is 0 Å². The zero-order valence-corrected chi connectivity index (χ0v) is 12.7. The molecule has 0 amide bonds. The third-order valence-corrected chi connectivity index (χ3v) is 3.58. The normalized spacial score (nSPS) is 10.8. The van der Waals surface area contributed by atoms with E-state index in [9.17, 15) is 0 Å². The van der Waals surface area contributed by atoms with Crippen molar-refractivity contribution in [3.8, 4) is 0 Å². The van der Waals surface area contributed by atoms with Crippen LogP contribution in [0.25, 0.3) is 0 Å². The largest absolute Gasteiger partial charge is 0.237 e. The Hall–Kier alpha value is -1.41. The van der Waals surface area contributed by atoms with Crippen LogP contribution in [-0.2, 0) is 12.8 Å². The molecule has 0 aliphatic heterocycles. The molecule has 0 spiro atoms. The Morgan fingerprint density at radius 2 is 1.63 bits per heavy atom. The molecule has 0 aliphatic rings. The van der Waals surface area contributed by atoms with E-state index in [0.717, 1.165) is 29.9 Å². The lowest BCUT2D eigenvalue weighted by atomic mass is 10.0.